The van der Waals surface area contributed by atoms with E-state index in [0.29, 0.717) is 19.7 Å². The predicted octanol–water partition coefficient (Wildman–Crippen LogP) is 1.51. The van der Waals surface area contributed by atoms with Gasteiger partial charge in [-0.1, -0.05) is 30.3 Å². The van der Waals surface area contributed by atoms with Gasteiger partial charge in [0.15, 0.2) is 0 Å². The summed E-state index contributed by atoms with van der Waals surface area (Å²) in [5.41, 5.74) is 0.987. The minimum atomic E-state index is -0.367. The van der Waals surface area contributed by atoms with E-state index in [1.807, 2.05) is 30.3 Å². The van der Waals surface area contributed by atoms with Gasteiger partial charge in [-0.25, -0.2) is 4.79 Å². The summed E-state index contributed by atoms with van der Waals surface area (Å²) in [4.78, 5) is 14.1. The highest BCUT2D eigenvalue weighted by atomic mass is 16.6. The second-order valence-electron chi connectivity index (χ2n) is 5.78. The van der Waals surface area contributed by atoms with Crippen LogP contribution in [0.4, 0.5) is 4.79 Å². The summed E-state index contributed by atoms with van der Waals surface area (Å²) >= 11 is 0. The van der Waals surface area contributed by atoms with Gasteiger partial charge < -0.3 is 20.1 Å². The molecule has 0 bridgehead atoms. The fourth-order valence-electron chi connectivity index (χ4n) is 3.32. The van der Waals surface area contributed by atoms with Crippen molar-refractivity contribution < 1.29 is 14.6 Å². The quantitative estimate of drug-likeness (QED) is 0.867. The number of benzene rings is 1. The van der Waals surface area contributed by atoms with E-state index >= 15 is 0 Å². The highest BCUT2D eigenvalue weighted by molar-refractivity contribution is 5.68. The summed E-state index contributed by atoms with van der Waals surface area (Å²) in [6, 6.07) is 9.72. The van der Waals surface area contributed by atoms with E-state index in [1.165, 1.54) is 0 Å². The molecule has 2 N–H and O–H groups in total. The SMILES string of the molecule is O=C(OCc1ccccc1)N1CCN[C@@H]2[C@H]1CCC[C@@H]2O. The molecule has 2 fully saturated rings. The molecule has 3 rings (SSSR count). The fourth-order valence-corrected chi connectivity index (χ4v) is 3.32. The van der Waals surface area contributed by atoms with Crippen LogP contribution in [0.1, 0.15) is 24.8 Å². The van der Waals surface area contributed by atoms with E-state index in [2.05, 4.69) is 5.32 Å². The van der Waals surface area contributed by atoms with Crippen molar-refractivity contribution in [2.75, 3.05) is 13.1 Å². The Morgan fingerprint density at radius 3 is 2.95 bits per heavy atom. The van der Waals surface area contributed by atoms with Crippen LogP contribution >= 0.6 is 0 Å². The first-order valence-electron chi connectivity index (χ1n) is 7.64. The highest BCUT2D eigenvalue weighted by Crippen LogP contribution is 2.26. The molecule has 3 atom stereocenters. The zero-order valence-corrected chi connectivity index (χ0v) is 12.1. The van der Waals surface area contributed by atoms with E-state index in [4.69, 9.17) is 4.74 Å². The Balaban J connectivity index is 1.61. The Bertz CT molecular complexity index is 480. The van der Waals surface area contributed by atoms with Gasteiger partial charge in [0.1, 0.15) is 6.61 Å². The molecule has 114 valence electrons. The molecule has 0 aromatic heterocycles. The molecule has 1 aliphatic carbocycles. The number of fused-ring (bicyclic) bond motifs is 1. The third-order valence-electron chi connectivity index (χ3n) is 4.40. The highest BCUT2D eigenvalue weighted by Gasteiger charge is 2.40. The monoisotopic (exact) mass is 290 g/mol. The average Bonchev–Trinajstić information content (AvgIpc) is 2.53. The molecule has 21 heavy (non-hydrogen) atoms. The molecule has 1 amide bonds. The predicted molar refractivity (Wildman–Crippen MR) is 78.8 cm³/mol. The van der Waals surface area contributed by atoms with Crippen LogP contribution in [0.2, 0.25) is 0 Å². The number of carbonyl (C=O) groups is 1. The van der Waals surface area contributed by atoms with Gasteiger partial charge >= 0.3 is 6.09 Å². The standard InChI is InChI=1S/C16H22N2O3/c19-14-8-4-7-13-15(14)17-9-10-18(13)16(20)21-11-12-5-2-1-3-6-12/h1-3,5-6,13-15,17,19H,4,7-11H2/t13-,14+,15-/m1/s1. The van der Waals surface area contributed by atoms with Crippen molar-refractivity contribution >= 4 is 6.09 Å². The zero-order chi connectivity index (χ0) is 14.7. The van der Waals surface area contributed by atoms with Gasteiger partial charge in [-0.3, -0.25) is 0 Å². The molecule has 0 radical (unpaired) electrons. The van der Waals surface area contributed by atoms with Crippen molar-refractivity contribution in [1.29, 1.82) is 0 Å². The number of aliphatic hydroxyl groups is 1. The normalized spacial score (nSPS) is 28.8. The number of nitrogens with one attached hydrogen (secondary N) is 1. The maximum absolute atomic E-state index is 12.3. The van der Waals surface area contributed by atoms with Crippen LogP contribution in [-0.4, -0.2) is 47.4 Å². The van der Waals surface area contributed by atoms with Crippen LogP contribution in [-0.2, 0) is 11.3 Å². The number of carbonyl (C=O) groups excluding carboxylic acids is 1. The van der Waals surface area contributed by atoms with Gasteiger partial charge in [0.2, 0.25) is 0 Å². The summed E-state index contributed by atoms with van der Waals surface area (Å²) in [7, 11) is 0. The summed E-state index contributed by atoms with van der Waals surface area (Å²) < 4.78 is 5.43. The number of nitrogens with zero attached hydrogens (tertiary/aromatic N) is 1. The topological polar surface area (TPSA) is 61.8 Å². The Hall–Kier alpha value is -1.59. The van der Waals surface area contributed by atoms with E-state index in [-0.39, 0.29) is 24.3 Å². The number of ether oxygens (including phenoxy) is 1. The van der Waals surface area contributed by atoms with Crippen molar-refractivity contribution in [2.45, 2.75) is 44.1 Å². The Morgan fingerprint density at radius 2 is 2.14 bits per heavy atom. The number of hydrogen-bond donors (Lipinski definition) is 2. The summed E-state index contributed by atoms with van der Waals surface area (Å²) in [6.07, 6.45) is 2.04. The minimum Gasteiger partial charge on any atom is -0.445 e. The maximum atomic E-state index is 12.3. The Kier molecular flexibility index (Phi) is 4.41. The van der Waals surface area contributed by atoms with Crippen LogP contribution in [0.5, 0.6) is 0 Å². The number of hydrogen-bond acceptors (Lipinski definition) is 4. The van der Waals surface area contributed by atoms with Crippen LogP contribution in [0, 0.1) is 0 Å². The first kappa shape index (κ1) is 14.4. The molecular formula is C16H22N2O3. The molecule has 1 aromatic rings. The Labute approximate surface area is 124 Å². The lowest BCUT2D eigenvalue weighted by molar-refractivity contribution is -0.00163. The molecule has 1 heterocycles. The van der Waals surface area contributed by atoms with Gasteiger partial charge in [-0.15, -0.1) is 0 Å². The van der Waals surface area contributed by atoms with Gasteiger partial charge in [0.25, 0.3) is 0 Å². The molecular weight excluding hydrogens is 268 g/mol. The van der Waals surface area contributed by atoms with Crippen LogP contribution in [0.25, 0.3) is 0 Å². The lowest BCUT2D eigenvalue weighted by Crippen LogP contribution is -2.64. The van der Waals surface area contributed by atoms with Gasteiger partial charge in [0, 0.05) is 13.1 Å². The first-order chi connectivity index (χ1) is 10.3. The molecule has 1 aromatic carbocycles. The Morgan fingerprint density at radius 1 is 1.33 bits per heavy atom. The zero-order valence-electron chi connectivity index (χ0n) is 12.1. The van der Waals surface area contributed by atoms with E-state index in [0.717, 1.165) is 24.8 Å². The maximum Gasteiger partial charge on any atom is 0.410 e. The van der Waals surface area contributed by atoms with Crippen molar-refractivity contribution in [3.05, 3.63) is 35.9 Å². The van der Waals surface area contributed by atoms with E-state index in [1.54, 1.807) is 4.90 Å². The van der Waals surface area contributed by atoms with Crippen LogP contribution in [0.15, 0.2) is 30.3 Å². The summed E-state index contributed by atoms with van der Waals surface area (Å²) in [5, 5.41) is 13.4. The molecule has 5 heteroatoms. The van der Waals surface area contributed by atoms with E-state index < -0.39 is 0 Å². The molecule has 5 nitrogen and oxygen atoms in total. The third kappa shape index (κ3) is 3.19. The molecule has 1 aliphatic heterocycles. The minimum absolute atomic E-state index is 0.0169. The first-order valence-corrected chi connectivity index (χ1v) is 7.64. The molecule has 0 unspecified atom stereocenters. The number of rotatable bonds is 2. The summed E-state index contributed by atoms with van der Waals surface area (Å²) in [6.45, 7) is 1.64. The third-order valence-corrected chi connectivity index (χ3v) is 4.40. The largest absolute Gasteiger partial charge is 0.445 e. The van der Waals surface area contributed by atoms with Crippen LogP contribution in [0.3, 0.4) is 0 Å². The van der Waals surface area contributed by atoms with Gasteiger partial charge in [-0.2, -0.15) is 0 Å². The fraction of sp³-hybridized carbons (Fsp3) is 0.562. The molecule has 1 saturated heterocycles. The van der Waals surface area contributed by atoms with Crippen molar-refractivity contribution in [1.82, 2.24) is 10.2 Å². The average molecular weight is 290 g/mol. The smallest absolute Gasteiger partial charge is 0.410 e. The molecule has 2 aliphatic rings. The van der Waals surface area contributed by atoms with Gasteiger partial charge in [0.05, 0.1) is 18.2 Å². The lowest BCUT2D eigenvalue weighted by atomic mass is 9.85. The second-order valence-corrected chi connectivity index (χ2v) is 5.78. The number of piperazine rings is 1. The molecule has 1 saturated carbocycles. The number of aliphatic hydroxyl groups excluding tert-OH is 1. The number of amides is 1. The van der Waals surface area contributed by atoms with Crippen LogP contribution < -0.4 is 5.32 Å². The van der Waals surface area contributed by atoms with Gasteiger partial charge in [-0.05, 0) is 24.8 Å². The van der Waals surface area contributed by atoms with E-state index in [9.17, 15) is 9.90 Å². The van der Waals surface area contributed by atoms with Crippen molar-refractivity contribution in [2.24, 2.45) is 0 Å². The molecule has 0 spiro atoms. The second kappa shape index (κ2) is 6.45. The van der Waals surface area contributed by atoms with Crippen molar-refractivity contribution in [3.8, 4) is 0 Å². The lowest BCUT2D eigenvalue weighted by Gasteiger charge is -2.45. The summed E-state index contributed by atoms with van der Waals surface area (Å²) in [5.74, 6) is 0. The van der Waals surface area contributed by atoms with Crippen molar-refractivity contribution in [3.63, 3.8) is 0 Å².